The monoisotopic (exact) mass is 322 g/mol. The summed E-state index contributed by atoms with van der Waals surface area (Å²) < 4.78 is 0. The smallest absolute Gasteiger partial charge is 0.232 e. The molecule has 0 radical (unpaired) electrons. The van der Waals surface area contributed by atoms with Crippen LogP contribution in [0.5, 0.6) is 0 Å². The van der Waals surface area contributed by atoms with Crippen molar-refractivity contribution in [3.05, 3.63) is 0 Å². The fourth-order valence-electron chi connectivity index (χ4n) is 3.50. The van der Waals surface area contributed by atoms with Crippen LogP contribution < -0.4 is 0 Å². The summed E-state index contributed by atoms with van der Waals surface area (Å²) in [5, 5.41) is 0. The Bertz CT molecular complexity index is 457. The molecule has 4 atom stereocenters. The van der Waals surface area contributed by atoms with Gasteiger partial charge in [-0.3, -0.25) is 19.3 Å². The number of nitrogens with zero attached hydrogens (tertiary/aromatic N) is 2. The maximum atomic E-state index is 12.0. The zero-order valence-corrected chi connectivity index (χ0v) is 14.9. The van der Waals surface area contributed by atoms with Gasteiger partial charge in [-0.2, -0.15) is 0 Å². The van der Waals surface area contributed by atoms with Gasteiger partial charge >= 0.3 is 0 Å². The Labute approximate surface area is 139 Å². The highest BCUT2D eigenvalue weighted by Crippen LogP contribution is 2.26. The fraction of sp³-hybridized carbons (Fsp3) is 0.833. The third-order valence-electron chi connectivity index (χ3n) is 5.68. The summed E-state index contributed by atoms with van der Waals surface area (Å²) in [4.78, 5) is 39.4. The van der Waals surface area contributed by atoms with Gasteiger partial charge in [0, 0.05) is 37.4 Å². The molecule has 2 rings (SSSR count). The zero-order chi connectivity index (χ0) is 17.1. The second kappa shape index (κ2) is 7.45. The van der Waals surface area contributed by atoms with Crippen LogP contribution in [0.2, 0.25) is 0 Å². The molecule has 130 valence electrons. The van der Waals surface area contributed by atoms with Crippen molar-refractivity contribution in [2.75, 3.05) is 19.6 Å². The first kappa shape index (κ1) is 18.0. The molecule has 5 heteroatoms. The molecule has 2 fully saturated rings. The Morgan fingerprint density at radius 1 is 0.739 bits per heavy atom. The molecule has 0 aliphatic carbocycles. The van der Waals surface area contributed by atoms with Crippen LogP contribution in [0.3, 0.4) is 0 Å². The van der Waals surface area contributed by atoms with Crippen molar-refractivity contribution in [3.8, 4) is 0 Å². The van der Waals surface area contributed by atoms with Crippen LogP contribution in [-0.2, 0) is 14.4 Å². The van der Waals surface area contributed by atoms with Crippen molar-refractivity contribution in [1.82, 2.24) is 9.80 Å². The van der Waals surface area contributed by atoms with E-state index in [4.69, 9.17) is 0 Å². The quantitative estimate of drug-likeness (QED) is 0.534. The molecule has 0 aromatic rings. The summed E-state index contributed by atoms with van der Waals surface area (Å²) in [5.74, 6) is 0.514. The minimum Gasteiger partial charge on any atom is -0.342 e. The lowest BCUT2D eigenvalue weighted by molar-refractivity contribution is -0.140. The van der Waals surface area contributed by atoms with Crippen molar-refractivity contribution in [2.45, 2.75) is 53.4 Å². The van der Waals surface area contributed by atoms with Crippen molar-refractivity contribution >= 4 is 17.7 Å². The van der Waals surface area contributed by atoms with E-state index in [9.17, 15) is 14.4 Å². The van der Waals surface area contributed by atoms with Gasteiger partial charge in [0.2, 0.25) is 17.7 Å². The minimum atomic E-state index is -0.173. The molecule has 0 N–H and O–H groups in total. The summed E-state index contributed by atoms with van der Waals surface area (Å²) >= 11 is 0. The summed E-state index contributed by atoms with van der Waals surface area (Å²) in [6.07, 6.45) is 3.89. The van der Waals surface area contributed by atoms with Gasteiger partial charge in [-0.05, 0) is 18.8 Å². The summed E-state index contributed by atoms with van der Waals surface area (Å²) in [5.41, 5.74) is 0. The highest BCUT2D eigenvalue weighted by atomic mass is 16.2. The number of hydrogen-bond donors (Lipinski definition) is 0. The van der Waals surface area contributed by atoms with Crippen LogP contribution in [0.1, 0.15) is 53.4 Å². The normalized spacial score (nSPS) is 31.6. The van der Waals surface area contributed by atoms with Crippen LogP contribution in [0, 0.1) is 23.7 Å². The molecule has 0 aromatic heterocycles. The molecule has 2 aliphatic rings. The standard InChI is InChI=1S/C18H30N2O3/c1-12-11-19(16(21)13(12)2)9-7-5-6-8-10-20-17(22)14(3)15(4)18(20)23/h12-15H,5-11H2,1-4H3. The number of carbonyl (C=O) groups excluding carboxylic acids is 3. The topological polar surface area (TPSA) is 57.7 Å². The molecule has 5 nitrogen and oxygen atoms in total. The molecule has 0 saturated carbocycles. The maximum absolute atomic E-state index is 12.0. The number of amides is 3. The van der Waals surface area contributed by atoms with E-state index in [-0.39, 0.29) is 35.5 Å². The molecular weight excluding hydrogens is 292 g/mol. The molecule has 23 heavy (non-hydrogen) atoms. The minimum absolute atomic E-state index is 0.0202. The van der Waals surface area contributed by atoms with Gasteiger partial charge in [0.25, 0.3) is 0 Å². The largest absolute Gasteiger partial charge is 0.342 e. The lowest BCUT2D eigenvalue weighted by atomic mass is 10.00. The highest BCUT2D eigenvalue weighted by Gasteiger charge is 2.41. The Morgan fingerprint density at radius 3 is 1.74 bits per heavy atom. The van der Waals surface area contributed by atoms with E-state index in [1.54, 1.807) is 0 Å². The van der Waals surface area contributed by atoms with Crippen LogP contribution in [0.15, 0.2) is 0 Å². The van der Waals surface area contributed by atoms with Crippen LogP contribution in [0.4, 0.5) is 0 Å². The van der Waals surface area contributed by atoms with Gasteiger partial charge in [0.1, 0.15) is 0 Å². The van der Waals surface area contributed by atoms with E-state index in [1.807, 2.05) is 25.7 Å². The first-order valence-electron chi connectivity index (χ1n) is 8.98. The number of rotatable bonds is 7. The lowest BCUT2D eigenvalue weighted by Crippen LogP contribution is -2.31. The third kappa shape index (κ3) is 3.75. The fourth-order valence-corrected chi connectivity index (χ4v) is 3.50. The molecule has 2 aliphatic heterocycles. The van der Waals surface area contributed by atoms with Crippen molar-refractivity contribution in [3.63, 3.8) is 0 Å². The highest BCUT2D eigenvalue weighted by molar-refractivity contribution is 6.04. The van der Waals surface area contributed by atoms with Gasteiger partial charge in [0.05, 0.1) is 0 Å². The SMILES string of the molecule is CC1CN(CCCCCCN2C(=O)C(C)C(C)C2=O)C(=O)C1C. The summed E-state index contributed by atoms with van der Waals surface area (Å²) in [6.45, 7) is 10.1. The van der Waals surface area contributed by atoms with Gasteiger partial charge in [-0.1, -0.05) is 40.5 Å². The Kier molecular flexibility index (Phi) is 5.82. The number of carbonyl (C=O) groups is 3. The van der Waals surface area contributed by atoms with Crippen molar-refractivity contribution < 1.29 is 14.4 Å². The maximum Gasteiger partial charge on any atom is 0.232 e. The predicted octanol–water partition coefficient (Wildman–Crippen LogP) is 2.30. The second-order valence-corrected chi connectivity index (χ2v) is 7.37. The first-order valence-corrected chi connectivity index (χ1v) is 8.98. The van der Waals surface area contributed by atoms with Gasteiger partial charge in [-0.15, -0.1) is 0 Å². The molecule has 0 aromatic carbocycles. The van der Waals surface area contributed by atoms with Gasteiger partial charge in [0.15, 0.2) is 0 Å². The second-order valence-electron chi connectivity index (χ2n) is 7.37. The predicted molar refractivity (Wildman–Crippen MR) is 88.4 cm³/mol. The Balaban J connectivity index is 1.61. The lowest BCUT2D eigenvalue weighted by Gasteiger charge is -2.17. The van der Waals surface area contributed by atoms with E-state index in [2.05, 4.69) is 6.92 Å². The number of imide groups is 1. The van der Waals surface area contributed by atoms with E-state index in [0.717, 1.165) is 38.8 Å². The molecule has 0 bridgehead atoms. The Hall–Kier alpha value is -1.39. The van der Waals surface area contributed by atoms with Crippen LogP contribution in [0.25, 0.3) is 0 Å². The zero-order valence-electron chi connectivity index (χ0n) is 14.9. The molecular formula is C18H30N2O3. The molecule has 4 unspecified atom stereocenters. The van der Waals surface area contributed by atoms with Gasteiger partial charge < -0.3 is 4.90 Å². The average Bonchev–Trinajstić information content (AvgIpc) is 2.87. The first-order chi connectivity index (χ1) is 10.8. The van der Waals surface area contributed by atoms with Crippen LogP contribution in [-0.4, -0.2) is 47.2 Å². The number of likely N-dealkylation sites (tertiary alicyclic amines) is 2. The van der Waals surface area contributed by atoms with Crippen molar-refractivity contribution in [2.24, 2.45) is 23.7 Å². The van der Waals surface area contributed by atoms with Gasteiger partial charge in [-0.25, -0.2) is 0 Å². The van der Waals surface area contributed by atoms with E-state index in [1.165, 1.54) is 4.90 Å². The van der Waals surface area contributed by atoms with Crippen LogP contribution >= 0.6 is 0 Å². The molecule has 0 spiro atoms. The van der Waals surface area contributed by atoms with E-state index < -0.39 is 0 Å². The van der Waals surface area contributed by atoms with Crippen molar-refractivity contribution in [1.29, 1.82) is 0 Å². The Morgan fingerprint density at radius 2 is 1.26 bits per heavy atom. The molecule has 2 heterocycles. The van der Waals surface area contributed by atoms with E-state index >= 15 is 0 Å². The molecule has 3 amide bonds. The summed E-state index contributed by atoms with van der Waals surface area (Å²) in [7, 11) is 0. The summed E-state index contributed by atoms with van der Waals surface area (Å²) in [6, 6.07) is 0. The van der Waals surface area contributed by atoms with E-state index in [0.29, 0.717) is 12.5 Å². The number of hydrogen-bond acceptors (Lipinski definition) is 3. The molecule has 2 saturated heterocycles. The third-order valence-corrected chi connectivity index (χ3v) is 5.68. The average molecular weight is 322 g/mol. The number of unbranched alkanes of at least 4 members (excludes halogenated alkanes) is 3.